The van der Waals surface area contributed by atoms with Gasteiger partial charge in [0.25, 0.3) is 0 Å². The molecule has 0 bridgehead atoms. The van der Waals surface area contributed by atoms with E-state index in [1.807, 2.05) is 0 Å². The fraction of sp³-hybridized carbons (Fsp3) is 0.286. The molecule has 1 aliphatic rings. The molecule has 0 amide bonds. The van der Waals surface area contributed by atoms with E-state index >= 15 is 0 Å². The zero-order chi connectivity index (χ0) is 8.27. The Kier molecular flexibility index (Phi) is 2.48. The second kappa shape index (κ2) is 3.39. The van der Waals surface area contributed by atoms with Crippen LogP contribution in [0.3, 0.4) is 0 Å². The smallest absolute Gasteiger partial charge is 0.339 e. The van der Waals surface area contributed by atoms with Gasteiger partial charge in [-0.1, -0.05) is 18.3 Å². The number of hydrogen-bond donors (Lipinski definition) is 0. The van der Waals surface area contributed by atoms with E-state index in [1.54, 1.807) is 6.08 Å². The first-order chi connectivity index (χ1) is 5.24. The Morgan fingerprint density at radius 1 is 1.82 bits per heavy atom. The number of ether oxygens (including phenoxy) is 1. The third kappa shape index (κ3) is 1.94. The number of carbonyl (C=O) groups is 1. The number of esters is 1. The summed E-state index contributed by atoms with van der Waals surface area (Å²) in [6.07, 6.45) is 3.69. The Hall–Kier alpha value is -1.03. The van der Waals surface area contributed by atoms with E-state index in [9.17, 15) is 4.79 Å². The lowest BCUT2D eigenvalue weighted by atomic mass is 10.2. The van der Waals surface area contributed by atoms with Crippen molar-refractivity contribution in [2.45, 2.75) is 6.42 Å². The number of hydrogen-bond acceptors (Lipinski definition) is 3. The van der Waals surface area contributed by atoms with Gasteiger partial charge in [0.1, 0.15) is 4.99 Å². The largest absolute Gasteiger partial charge is 0.465 e. The summed E-state index contributed by atoms with van der Waals surface area (Å²) in [6.45, 7) is 0. The summed E-state index contributed by atoms with van der Waals surface area (Å²) in [4.78, 5) is 15.3. The molecule has 0 saturated heterocycles. The van der Waals surface area contributed by atoms with E-state index in [2.05, 4.69) is 9.73 Å². The van der Waals surface area contributed by atoms with Gasteiger partial charge in [-0.05, 0) is 0 Å². The van der Waals surface area contributed by atoms with Gasteiger partial charge in [-0.25, -0.2) is 9.79 Å². The maximum absolute atomic E-state index is 10.8. The van der Waals surface area contributed by atoms with E-state index in [0.29, 0.717) is 17.0 Å². The highest BCUT2D eigenvalue weighted by molar-refractivity contribution is 7.80. The molecule has 0 radical (unpaired) electrons. The minimum absolute atomic E-state index is 0.365. The zero-order valence-corrected chi connectivity index (χ0v) is 6.85. The lowest BCUT2D eigenvalue weighted by molar-refractivity contribution is -0.135. The molecule has 11 heavy (non-hydrogen) atoms. The van der Waals surface area contributed by atoms with Crippen LogP contribution in [-0.4, -0.2) is 24.3 Å². The summed E-state index contributed by atoms with van der Waals surface area (Å²) >= 11 is 4.79. The molecule has 3 nitrogen and oxygen atoms in total. The average Bonchev–Trinajstić information content (AvgIpc) is 2.05. The minimum atomic E-state index is -0.365. The van der Waals surface area contributed by atoms with Crippen molar-refractivity contribution in [3.63, 3.8) is 0 Å². The molecule has 1 rings (SSSR count). The molecule has 0 aromatic heterocycles. The topological polar surface area (TPSA) is 38.7 Å². The van der Waals surface area contributed by atoms with Gasteiger partial charge in [0, 0.05) is 12.6 Å². The molecular formula is C7H7NO2S. The maximum Gasteiger partial charge on any atom is 0.339 e. The zero-order valence-electron chi connectivity index (χ0n) is 6.03. The van der Waals surface area contributed by atoms with Crippen molar-refractivity contribution in [3.05, 3.63) is 11.6 Å². The van der Waals surface area contributed by atoms with Gasteiger partial charge >= 0.3 is 5.97 Å². The lowest BCUT2D eigenvalue weighted by Crippen LogP contribution is -2.10. The van der Waals surface area contributed by atoms with Gasteiger partial charge in [-0.3, -0.25) is 0 Å². The van der Waals surface area contributed by atoms with Crippen LogP contribution in [0.1, 0.15) is 6.42 Å². The molecule has 0 unspecified atom stereocenters. The number of rotatable bonds is 1. The summed E-state index contributed by atoms with van der Waals surface area (Å²) in [5.41, 5.74) is 0.473. The van der Waals surface area contributed by atoms with Gasteiger partial charge in [0.15, 0.2) is 0 Å². The van der Waals surface area contributed by atoms with Crippen molar-refractivity contribution < 1.29 is 9.53 Å². The maximum atomic E-state index is 10.8. The van der Waals surface area contributed by atoms with Crippen LogP contribution in [0.2, 0.25) is 0 Å². The van der Waals surface area contributed by atoms with E-state index in [-0.39, 0.29) is 5.97 Å². The average molecular weight is 169 g/mol. The predicted molar refractivity (Wildman–Crippen MR) is 45.8 cm³/mol. The van der Waals surface area contributed by atoms with Gasteiger partial charge in [-0.2, -0.15) is 0 Å². The molecule has 1 aliphatic heterocycles. The number of thiocarbonyl (C=S) groups is 1. The highest BCUT2D eigenvalue weighted by Gasteiger charge is 2.09. The predicted octanol–water partition coefficient (Wildman–Crippen LogP) is 0.888. The van der Waals surface area contributed by atoms with E-state index in [4.69, 9.17) is 12.2 Å². The molecule has 0 spiro atoms. The van der Waals surface area contributed by atoms with Crippen molar-refractivity contribution in [3.8, 4) is 0 Å². The van der Waals surface area contributed by atoms with Gasteiger partial charge in [0.05, 0.1) is 12.7 Å². The summed E-state index contributed by atoms with van der Waals surface area (Å²) in [5, 5.41) is 0. The number of nitrogens with zero attached hydrogens (tertiary/aromatic N) is 1. The Balaban J connectivity index is 2.70. The molecule has 4 heteroatoms. The van der Waals surface area contributed by atoms with Crippen LogP contribution in [-0.2, 0) is 9.53 Å². The highest BCUT2D eigenvalue weighted by Crippen LogP contribution is 2.04. The van der Waals surface area contributed by atoms with Gasteiger partial charge in [-0.15, -0.1) is 0 Å². The third-order valence-corrected chi connectivity index (χ3v) is 1.54. The first-order valence-electron chi connectivity index (χ1n) is 3.09. The van der Waals surface area contributed by atoms with E-state index < -0.39 is 0 Å². The molecule has 0 atom stereocenters. The normalized spacial score (nSPS) is 16.1. The number of dihydropyridines is 1. The lowest BCUT2D eigenvalue weighted by Gasteiger charge is -2.03. The summed E-state index contributed by atoms with van der Waals surface area (Å²) < 4.78 is 4.48. The summed E-state index contributed by atoms with van der Waals surface area (Å²) in [7, 11) is 1.34. The van der Waals surface area contributed by atoms with Crippen LogP contribution in [0, 0.1) is 0 Å². The molecule has 58 valence electrons. The first-order valence-corrected chi connectivity index (χ1v) is 3.50. The quantitative estimate of drug-likeness (QED) is 0.432. The molecule has 0 aliphatic carbocycles. The molecule has 0 aromatic carbocycles. The fourth-order valence-electron chi connectivity index (χ4n) is 0.698. The van der Waals surface area contributed by atoms with Crippen molar-refractivity contribution in [1.29, 1.82) is 0 Å². The standard InChI is InChI=1S/C7H7NO2S/c1-10-7(9)5-2-3-6(11)8-4-5/h2,4H,3H2,1H3. The third-order valence-electron chi connectivity index (χ3n) is 1.27. The summed E-state index contributed by atoms with van der Waals surface area (Å²) in [5.74, 6) is -0.365. The first kappa shape index (κ1) is 8.07. The Labute approximate surface area is 69.8 Å². The Morgan fingerprint density at radius 2 is 2.55 bits per heavy atom. The fourth-order valence-corrected chi connectivity index (χ4v) is 0.834. The Morgan fingerprint density at radius 3 is 3.00 bits per heavy atom. The Bertz CT molecular complexity index is 255. The van der Waals surface area contributed by atoms with Crippen molar-refractivity contribution in [2.75, 3.05) is 7.11 Å². The molecule has 0 saturated carbocycles. The van der Waals surface area contributed by atoms with Crippen LogP contribution in [0.4, 0.5) is 0 Å². The molecule has 1 heterocycles. The second-order valence-corrected chi connectivity index (χ2v) is 2.48. The van der Waals surface area contributed by atoms with E-state index in [0.717, 1.165) is 0 Å². The van der Waals surface area contributed by atoms with Gasteiger partial charge < -0.3 is 4.74 Å². The van der Waals surface area contributed by atoms with Crippen LogP contribution < -0.4 is 0 Å². The van der Waals surface area contributed by atoms with Crippen molar-refractivity contribution in [2.24, 2.45) is 4.99 Å². The van der Waals surface area contributed by atoms with E-state index in [1.165, 1.54) is 13.3 Å². The number of carbonyl (C=O) groups excluding carboxylic acids is 1. The molecular weight excluding hydrogens is 162 g/mol. The monoisotopic (exact) mass is 169 g/mol. The molecule has 0 aromatic rings. The number of methoxy groups -OCH3 is 1. The second-order valence-electron chi connectivity index (χ2n) is 2.01. The van der Waals surface area contributed by atoms with Crippen LogP contribution in [0.5, 0.6) is 0 Å². The van der Waals surface area contributed by atoms with Crippen LogP contribution in [0.15, 0.2) is 16.6 Å². The van der Waals surface area contributed by atoms with Crippen molar-refractivity contribution in [1.82, 2.24) is 0 Å². The molecule has 0 N–H and O–H groups in total. The molecule has 0 fully saturated rings. The highest BCUT2D eigenvalue weighted by atomic mass is 32.1. The number of aliphatic imine (C=N–C) groups is 1. The van der Waals surface area contributed by atoms with Crippen LogP contribution in [0.25, 0.3) is 0 Å². The summed E-state index contributed by atoms with van der Waals surface area (Å²) in [6, 6.07) is 0. The van der Waals surface area contributed by atoms with Crippen LogP contribution >= 0.6 is 12.2 Å². The SMILES string of the molecule is COC(=O)C1=CCC(=S)N=C1. The minimum Gasteiger partial charge on any atom is -0.465 e. The van der Waals surface area contributed by atoms with Gasteiger partial charge in [0.2, 0.25) is 0 Å². The van der Waals surface area contributed by atoms with Crippen molar-refractivity contribution >= 4 is 29.4 Å².